The molecule has 0 saturated carbocycles. The van der Waals surface area contributed by atoms with Gasteiger partial charge in [-0.2, -0.15) is 10.2 Å². The van der Waals surface area contributed by atoms with E-state index in [0.29, 0.717) is 15.6 Å². The average Bonchev–Trinajstić information content (AvgIpc) is 2.78. The van der Waals surface area contributed by atoms with Crippen LogP contribution in [0.5, 0.6) is 0 Å². The van der Waals surface area contributed by atoms with Crippen molar-refractivity contribution in [3.05, 3.63) is 51.3 Å². The van der Waals surface area contributed by atoms with Crippen LogP contribution in [-0.4, -0.2) is 22.3 Å². The minimum Gasteiger partial charge on any atom is -0.282 e. The van der Waals surface area contributed by atoms with Gasteiger partial charge in [-0.05, 0) is 25.1 Å². The number of amides is 1. The van der Waals surface area contributed by atoms with Crippen molar-refractivity contribution >= 4 is 35.3 Å². The van der Waals surface area contributed by atoms with Gasteiger partial charge in [-0.25, -0.2) is 5.43 Å². The van der Waals surface area contributed by atoms with E-state index in [1.54, 1.807) is 31.2 Å². The van der Waals surface area contributed by atoms with Crippen molar-refractivity contribution < 1.29 is 4.79 Å². The number of aryl methyl sites for hydroxylation is 1. The summed E-state index contributed by atoms with van der Waals surface area (Å²) in [7, 11) is 0. The van der Waals surface area contributed by atoms with Crippen LogP contribution in [0.15, 0.2) is 29.4 Å². The molecule has 1 aromatic heterocycles. The summed E-state index contributed by atoms with van der Waals surface area (Å²) in [4.78, 5) is 11.6. The Morgan fingerprint density at radius 3 is 2.84 bits per heavy atom. The van der Waals surface area contributed by atoms with Crippen molar-refractivity contribution in [3.8, 4) is 0 Å². The lowest BCUT2D eigenvalue weighted by atomic mass is 10.2. The van der Waals surface area contributed by atoms with Crippen LogP contribution < -0.4 is 5.43 Å². The smallest absolute Gasteiger partial charge is 0.282 e. The summed E-state index contributed by atoms with van der Waals surface area (Å²) in [6.45, 7) is 1.81. The van der Waals surface area contributed by atoms with Crippen LogP contribution in [0.3, 0.4) is 0 Å². The van der Waals surface area contributed by atoms with E-state index < -0.39 is 5.91 Å². The average molecular weight is 297 g/mol. The highest BCUT2D eigenvalue weighted by molar-refractivity contribution is 6.36. The number of rotatable bonds is 3. The molecule has 0 aliphatic carbocycles. The fourth-order valence-electron chi connectivity index (χ4n) is 1.36. The summed E-state index contributed by atoms with van der Waals surface area (Å²) < 4.78 is 0. The number of aromatic amines is 1. The summed E-state index contributed by atoms with van der Waals surface area (Å²) in [5, 5.41) is 11.3. The largest absolute Gasteiger partial charge is 0.291 e. The van der Waals surface area contributed by atoms with E-state index in [4.69, 9.17) is 23.2 Å². The van der Waals surface area contributed by atoms with Crippen molar-refractivity contribution in [2.75, 3.05) is 0 Å². The van der Waals surface area contributed by atoms with Gasteiger partial charge in [0.05, 0.1) is 11.2 Å². The number of benzene rings is 1. The standard InChI is InChI=1S/C12H10Cl2N4O/c1-7-4-11(17-16-7)12(19)18-15-6-8-2-3-9(13)5-10(8)14/h2-6H,1H3,(H,16,17)(H,18,19). The van der Waals surface area contributed by atoms with Gasteiger partial charge in [0.2, 0.25) is 0 Å². The fourth-order valence-corrected chi connectivity index (χ4v) is 1.82. The van der Waals surface area contributed by atoms with E-state index in [1.807, 2.05) is 0 Å². The Bertz CT molecular complexity index is 636. The van der Waals surface area contributed by atoms with Crippen molar-refractivity contribution in [2.24, 2.45) is 5.10 Å². The molecule has 1 heterocycles. The summed E-state index contributed by atoms with van der Waals surface area (Å²) >= 11 is 11.7. The first-order valence-corrected chi connectivity index (χ1v) is 6.12. The zero-order valence-corrected chi connectivity index (χ0v) is 11.5. The zero-order chi connectivity index (χ0) is 13.8. The molecule has 0 spiro atoms. The Balaban J connectivity index is 2.02. The molecular weight excluding hydrogens is 287 g/mol. The van der Waals surface area contributed by atoms with Gasteiger partial charge in [-0.1, -0.05) is 29.3 Å². The number of H-pyrrole nitrogens is 1. The van der Waals surface area contributed by atoms with Crippen LogP contribution in [0, 0.1) is 6.92 Å². The summed E-state index contributed by atoms with van der Waals surface area (Å²) in [5.41, 5.74) is 4.09. The highest BCUT2D eigenvalue weighted by atomic mass is 35.5. The Hall–Kier alpha value is -1.85. The third kappa shape index (κ3) is 3.56. The van der Waals surface area contributed by atoms with Gasteiger partial charge < -0.3 is 0 Å². The van der Waals surface area contributed by atoms with Gasteiger partial charge in [0.25, 0.3) is 5.91 Å². The van der Waals surface area contributed by atoms with Crippen LogP contribution in [-0.2, 0) is 0 Å². The quantitative estimate of drug-likeness (QED) is 0.675. The number of nitrogens with one attached hydrogen (secondary N) is 2. The van der Waals surface area contributed by atoms with Gasteiger partial charge in [-0.15, -0.1) is 0 Å². The molecular formula is C12H10Cl2N4O. The number of halogens is 2. The molecule has 0 unspecified atom stereocenters. The minimum absolute atomic E-state index is 0.275. The predicted molar refractivity (Wildman–Crippen MR) is 74.8 cm³/mol. The van der Waals surface area contributed by atoms with E-state index in [0.717, 1.165) is 5.69 Å². The maximum absolute atomic E-state index is 11.6. The second kappa shape index (κ2) is 5.86. The van der Waals surface area contributed by atoms with E-state index in [2.05, 4.69) is 20.7 Å². The molecule has 1 amide bonds. The van der Waals surface area contributed by atoms with E-state index >= 15 is 0 Å². The summed E-state index contributed by atoms with van der Waals surface area (Å²) in [5.74, 6) is -0.398. The van der Waals surface area contributed by atoms with Gasteiger partial charge in [0.1, 0.15) is 0 Å². The lowest BCUT2D eigenvalue weighted by Crippen LogP contribution is -2.18. The summed E-state index contributed by atoms with van der Waals surface area (Å²) in [6, 6.07) is 6.62. The molecule has 98 valence electrons. The van der Waals surface area contributed by atoms with E-state index in [1.165, 1.54) is 6.21 Å². The third-order valence-corrected chi connectivity index (χ3v) is 2.83. The number of hydrogen-bond donors (Lipinski definition) is 2. The fraction of sp³-hybridized carbons (Fsp3) is 0.0833. The van der Waals surface area contributed by atoms with Gasteiger partial charge in [0.15, 0.2) is 5.69 Å². The second-order valence-electron chi connectivity index (χ2n) is 3.80. The van der Waals surface area contributed by atoms with Crippen LogP contribution in [0.1, 0.15) is 21.7 Å². The van der Waals surface area contributed by atoms with Crippen LogP contribution in [0.25, 0.3) is 0 Å². The first-order chi connectivity index (χ1) is 9.06. The Kier molecular flexibility index (Phi) is 4.19. The lowest BCUT2D eigenvalue weighted by molar-refractivity contribution is 0.0950. The highest BCUT2D eigenvalue weighted by Gasteiger charge is 2.07. The Morgan fingerprint density at radius 1 is 1.42 bits per heavy atom. The minimum atomic E-state index is -0.398. The van der Waals surface area contributed by atoms with E-state index in [9.17, 15) is 4.79 Å². The molecule has 2 aromatic rings. The van der Waals surface area contributed by atoms with Crippen LogP contribution in [0.4, 0.5) is 0 Å². The maximum Gasteiger partial charge on any atom is 0.291 e. The molecule has 0 aliphatic rings. The molecule has 0 bridgehead atoms. The summed E-state index contributed by atoms with van der Waals surface area (Å²) in [6.07, 6.45) is 1.44. The predicted octanol–water partition coefficient (Wildman–Crippen LogP) is 2.79. The van der Waals surface area contributed by atoms with Crippen LogP contribution in [0.2, 0.25) is 10.0 Å². The van der Waals surface area contributed by atoms with E-state index in [-0.39, 0.29) is 5.69 Å². The van der Waals surface area contributed by atoms with Gasteiger partial charge in [-0.3, -0.25) is 9.89 Å². The zero-order valence-electron chi connectivity index (χ0n) is 9.95. The first kappa shape index (κ1) is 13.6. The number of carbonyl (C=O) groups excluding carboxylic acids is 1. The van der Waals surface area contributed by atoms with Gasteiger partial charge >= 0.3 is 0 Å². The molecule has 0 fully saturated rings. The number of nitrogens with zero attached hydrogens (tertiary/aromatic N) is 2. The lowest BCUT2D eigenvalue weighted by Gasteiger charge is -1.98. The molecule has 0 atom stereocenters. The molecule has 0 aliphatic heterocycles. The number of aromatic nitrogens is 2. The van der Waals surface area contributed by atoms with Gasteiger partial charge in [0, 0.05) is 16.3 Å². The molecule has 1 aromatic carbocycles. The normalized spacial score (nSPS) is 10.9. The molecule has 2 N–H and O–H groups in total. The molecule has 2 rings (SSSR count). The molecule has 19 heavy (non-hydrogen) atoms. The van der Waals surface area contributed by atoms with Crippen molar-refractivity contribution in [1.29, 1.82) is 0 Å². The Labute approximate surface area is 119 Å². The number of carbonyl (C=O) groups is 1. The Morgan fingerprint density at radius 2 is 2.21 bits per heavy atom. The SMILES string of the molecule is Cc1cc(C(=O)NN=Cc2ccc(Cl)cc2Cl)n[nH]1. The molecule has 5 nitrogen and oxygen atoms in total. The first-order valence-electron chi connectivity index (χ1n) is 5.37. The topological polar surface area (TPSA) is 70.1 Å². The molecule has 0 radical (unpaired) electrons. The second-order valence-corrected chi connectivity index (χ2v) is 4.64. The van der Waals surface area contributed by atoms with Crippen molar-refractivity contribution in [3.63, 3.8) is 0 Å². The van der Waals surface area contributed by atoms with Crippen molar-refractivity contribution in [2.45, 2.75) is 6.92 Å². The van der Waals surface area contributed by atoms with Crippen LogP contribution >= 0.6 is 23.2 Å². The maximum atomic E-state index is 11.6. The third-order valence-electron chi connectivity index (χ3n) is 2.27. The number of hydrazone groups is 1. The van der Waals surface area contributed by atoms with Crippen molar-refractivity contribution in [1.82, 2.24) is 15.6 Å². The monoisotopic (exact) mass is 296 g/mol. The highest BCUT2D eigenvalue weighted by Crippen LogP contribution is 2.19. The molecule has 0 saturated heterocycles. The molecule has 7 heteroatoms. The number of hydrogen-bond acceptors (Lipinski definition) is 3.